The van der Waals surface area contributed by atoms with Crippen molar-refractivity contribution in [3.63, 3.8) is 0 Å². The van der Waals surface area contributed by atoms with Gasteiger partial charge < -0.3 is 5.32 Å². The zero-order chi connectivity index (χ0) is 11.6. The summed E-state index contributed by atoms with van der Waals surface area (Å²) in [4.78, 5) is 4.37. The van der Waals surface area contributed by atoms with E-state index >= 15 is 0 Å². The van der Waals surface area contributed by atoms with E-state index in [1.807, 2.05) is 6.20 Å². The summed E-state index contributed by atoms with van der Waals surface area (Å²) in [5.41, 5.74) is 0.544. The van der Waals surface area contributed by atoms with Crippen molar-refractivity contribution in [2.24, 2.45) is 5.41 Å². The second kappa shape index (κ2) is 4.84. The molecule has 1 aromatic rings. The Labute approximate surface area is 102 Å². The first-order valence-corrected chi connectivity index (χ1v) is 7.07. The van der Waals surface area contributed by atoms with Gasteiger partial charge in [-0.3, -0.25) is 0 Å². The lowest BCUT2D eigenvalue weighted by Gasteiger charge is -2.19. The smallest absolute Gasteiger partial charge is 0.0965 e. The summed E-state index contributed by atoms with van der Waals surface area (Å²) >= 11 is 1.76. The molecule has 0 bridgehead atoms. The van der Waals surface area contributed by atoms with E-state index in [4.69, 9.17) is 0 Å². The highest BCUT2D eigenvalue weighted by Crippen LogP contribution is 2.37. The lowest BCUT2D eigenvalue weighted by Crippen LogP contribution is -2.30. The van der Waals surface area contributed by atoms with Crippen molar-refractivity contribution in [1.29, 1.82) is 0 Å². The second-order valence-electron chi connectivity index (χ2n) is 5.78. The van der Waals surface area contributed by atoms with Crippen LogP contribution in [0.4, 0.5) is 0 Å². The Morgan fingerprint density at radius 3 is 3.00 bits per heavy atom. The van der Waals surface area contributed by atoms with Crippen LogP contribution in [0.5, 0.6) is 0 Å². The van der Waals surface area contributed by atoms with Crippen LogP contribution in [0.1, 0.15) is 51.0 Å². The highest BCUT2D eigenvalue weighted by atomic mass is 32.1. The minimum atomic E-state index is 0.544. The Morgan fingerprint density at radius 2 is 2.44 bits per heavy atom. The third kappa shape index (κ3) is 3.05. The van der Waals surface area contributed by atoms with E-state index in [0.29, 0.717) is 11.3 Å². The number of thiazole rings is 1. The van der Waals surface area contributed by atoms with Gasteiger partial charge in [-0.05, 0) is 24.7 Å². The molecule has 0 aromatic carbocycles. The predicted molar refractivity (Wildman–Crippen MR) is 70.0 cm³/mol. The third-order valence-electron chi connectivity index (χ3n) is 3.55. The maximum Gasteiger partial charge on any atom is 0.0965 e. The molecule has 16 heavy (non-hydrogen) atoms. The van der Waals surface area contributed by atoms with Crippen LogP contribution in [0.25, 0.3) is 0 Å². The fourth-order valence-corrected chi connectivity index (χ4v) is 3.22. The highest BCUT2D eigenvalue weighted by molar-refractivity contribution is 7.09. The molecular formula is C13H22N2S. The minimum absolute atomic E-state index is 0.544. The van der Waals surface area contributed by atoms with Crippen LogP contribution in [-0.4, -0.2) is 17.6 Å². The van der Waals surface area contributed by atoms with Crippen LogP contribution >= 0.6 is 11.3 Å². The SMILES string of the molecule is CC(CNC1CCC(C)(C)C1)c1nccs1. The van der Waals surface area contributed by atoms with Gasteiger partial charge in [0.15, 0.2) is 0 Å². The third-order valence-corrected chi connectivity index (χ3v) is 4.56. The Morgan fingerprint density at radius 1 is 1.62 bits per heavy atom. The molecule has 90 valence electrons. The standard InChI is InChI=1S/C13H22N2S/c1-10(12-14-6-7-16-12)9-15-11-4-5-13(2,3)8-11/h6-7,10-11,15H,4-5,8-9H2,1-3H3. The van der Waals surface area contributed by atoms with Crippen molar-refractivity contribution >= 4 is 11.3 Å². The predicted octanol–water partition coefficient (Wildman–Crippen LogP) is 3.41. The normalized spacial score (nSPS) is 25.8. The minimum Gasteiger partial charge on any atom is -0.313 e. The molecule has 1 fully saturated rings. The van der Waals surface area contributed by atoms with Gasteiger partial charge in [0.2, 0.25) is 0 Å². The Kier molecular flexibility index (Phi) is 3.65. The summed E-state index contributed by atoms with van der Waals surface area (Å²) in [6.07, 6.45) is 5.90. The highest BCUT2D eigenvalue weighted by Gasteiger charge is 2.30. The summed E-state index contributed by atoms with van der Waals surface area (Å²) in [7, 11) is 0. The van der Waals surface area contributed by atoms with Crippen molar-refractivity contribution in [2.75, 3.05) is 6.54 Å². The van der Waals surface area contributed by atoms with Crippen molar-refractivity contribution in [3.05, 3.63) is 16.6 Å². The van der Waals surface area contributed by atoms with Crippen LogP contribution in [0.15, 0.2) is 11.6 Å². The van der Waals surface area contributed by atoms with Crippen molar-refractivity contribution in [3.8, 4) is 0 Å². The number of hydrogen-bond donors (Lipinski definition) is 1. The summed E-state index contributed by atoms with van der Waals surface area (Å²) in [6, 6.07) is 0.720. The van der Waals surface area contributed by atoms with Gasteiger partial charge in [-0.2, -0.15) is 0 Å². The molecular weight excluding hydrogens is 216 g/mol. The van der Waals surface area contributed by atoms with E-state index in [9.17, 15) is 0 Å². The van der Waals surface area contributed by atoms with Crippen LogP contribution in [0.3, 0.4) is 0 Å². The zero-order valence-electron chi connectivity index (χ0n) is 10.5. The molecule has 2 nitrogen and oxygen atoms in total. The Balaban J connectivity index is 1.76. The second-order valence-corrected chi connectivity index (χ2v) is 6.71. The molecule has 1 heterocycles. The molecule has 2 atom stereocenters. The number of nitrogens with zero attached hydrogens (tertiary/aromatic N) is 1. The zero-order valence-corrected chi connectivity index (χ0v) is 11.3. The van der Waals surface area contributed by atoms with E-state index in [1.54, 1.807) is 11.3 Å². The number of rotatable bonds is 4. The van der Waals surface area contributed by atoms with Gasteiger partial charge >= 0.3 is 0 Å². The molecule has 1 aliphatic rings. The van der Waals surface area contributed by atoms with E-state index in [1.165, 1.54) is 24.3 Å². The van der Waals surface area contributed by atoms with Crippen molar-refractivity contribution in [2.45, 2.75) is 52.0 Å². The summed E-state index contributed by atoms with van der Waals surface area (Å²) in [5, 5.41) is 7.01. The molecule has 0 spiro atoms. The van der Waals surface area contributed by atoms with E-state index in [2.05, 4.69) is 36.5 Å². The maximum atomic E-state index is 4.37. The lowest BCUT2D eigenvalue weighted by molar-refractivity contribution is 0.363. The van der Waals surface area contributed by atoms with Crippen LogP contribution in [0, 0.1) is 5.41 Å². The molecule has 1 saturated carbocycles. The lowest BCUT2D eigenvalue weighted by atomic mass is 9.92. The van der Waals surface area contributed by atoms with Gasteiger partial charge in [-0.25, -0.2) is 4.98 Å². The van der Waals surface area contributed by atoms with E-state index in [-0.39, 0.29) is 0 Å². The molecule has 0 radical (unpaired) electrons. The molecule has 1 aromatic heterocycles. The first kappa shape index (κ1) is 12.1. The largest absolute Gasteiger partial charge is 0.313 e. The Bertz CT molecular complexity index is 319. The van der Waals surface area contributed by atoms with Gasteiger partial charge in [0.1, 0.15) is 0 Å². The van der Waals surface area contributed by atoms with Crippen LogP contribution in [0.2, 0.25) is 0 Å². The summed E-state index contributed by atoms with van der Waals surface area (Å²) in [6.45, 7) is 8.07. The molecule has 0 aliphatic heterocycles. The van der Waals surface area contributed by atoms with Gasteiger partial charge in [0.05, 0.1) is 5.01 Å². The van der Waals surface area contributed by atoms with Gasteiger partial charge in [0, 0.05) is 30.1 Å². The van der Waals surface area contributed by atoms with Crippen molar-refractivity contribution < 1.29 is 0 Å². The molecule has 0 saturated heterocycles. The monoisotopic (exact) mass is 238 g/mol. The van der Waals surface area contributed by atoms with Gasteiger partial charge in [-0.1, -0.05) is 20.8 Å². The van der Waals surface area contributed by atoms with Crippen LogP contribution in [-0.2, 0) is 0 Å². The topological polar surface area (TPSA) is 24.9 Å². The van der Waals surface area contributed by atoms with Gasteiger partial charge in [0.25, 0.3) is 0 Å². The fraction of sp³-hybridized carbons (Fsp3) is 0.769. The fourth-order valence-electron chi connectivity index (χ4n) is 2.52. The molecule has 0 amide bonds. The number of nitrogens with one attached hydrogen (secondary N) is 1. The molecule has 2 rings (SSSR count). The van der Waals surface area contributed by atoms with Gasteiger partial charge in [-0.15, -0.1) is 11.3 Å². The molecule has 3 heteroatoms. The molecule has 1 N–H and O–H groups in total. The quantitative estimate of drug-likeness (QED) is 0.869. The van der Waals surface area contributed by atoms with E-state index < -0.39 is 0 Å². The number of hydrogen-bond acceptors (Lipinski definition) is 3. The average Bonchev–Trinajstić information content (AvgIpc) is 2.83. The maximum absolute atomic E-state index is 4.37. The van der Waals surface area contributed by atoms with E-state index in [0.717, 1.165) is 12.6 Å². The summed E-state index contributed by atoms with van der Waals surface area (Å²) in [5.74, 6) is 0.545. The van der Waals surface area contributed by atoms with Crippen LogP contribution < -0.4 is 5.32 Å². The molecule has 2 unspecified atom stereocenters. The van der Waals surface area contributed by atoms with Crippen molar-refractivity contribution in [1.82, 2.24) is 10.3 Å². The Hall–Kier alpha value is -0.410. The number of aromatic nitrogens is 1. The average molecular weight is 238 g/mol. The first-order chi connectivity index (χ1) is 7.57. The first-order valence-electron chi connectivity index (χ1n) is 6.20. The summed E-state index contributed by atoms with van der Waals surface area (Å²) < 4.78 is 0. The molecule has 1 aliphatic carbocycles.